The number of phenolic OH excluding ortho intramolecular Hbond substituents is 1. The molecule has 24 heavy (non-hydrogen) atoms. The van der Waals surface area contributed by atoms with Gasteiger partial charge in [0.2, 0.25) is 5.91 Å². The van der Waals surface area contributed by atoms with Gasteiger partial charge in [-0.15, -0.1) is 0 Å². The quantitative estimate of drug-likeness (QED) is 0.887. The zero-order valence-electron chi connectivity index (χ0n) is 14.5. The molecule has 0 aliphatic carbocycles. The summed E-state index contributed by atoms with van der Waals surface area (Å²) in [6.07, 6.45) is 1.60. The molecule has 1 saturated heterocycles. The fourth-order valence-electron chi connectivity index (χ4n) is 2.84. The van der Waals surface area contributed by atoms with E-state index in [4.69, 9.17) is 4.74 Å². The van der Waals surface area contributed by atoms with Crippen molar-refractivity contribution in [2.24, 2.45) is 0 Å². The maximum atomic E-state index is 12.4. The minimum Gasteiger partial charge on any atom is -0.508 e. The number of rotatable bonds is 4. The van der Waals surface area contributed by atoms with Crippen LogP contribution in [0.15, 0.2) is 24.3 Å². The summed E-state index contributed by atoms with van der Waals surface area (Å²) in [5.41, 5.74) is 0.478. The van der Waals surface area contributed by atoms with Crippen molar-refractivity contribution in [2.75, 3.05) is 13.1 Å². The van der Waals surface area contributed by atoms with E-state index in [0.717, 1.165) is 24.9 Å². The topological polar surface area (TPSA) is 78.9 Å². The van der Waals surface area contributed by atoms with Crippen LogP contribution in [-0.4, -0.2) is 40.7 Å². The van der Waals surface area contributed by atoms with Crippen LogP contribution in [0.2, 0.25) is 0 Å². The average molecular weight is 334 g/mol. The van der Waals surface area contributed by atoms with Crippen LogP contribution in [0.4, 0.5) is 4.79 Å². The Hall–Kier alpha value is -2.24. The van der Waals surface area contributed by atoms with Gasteiger partial charge in [-0.2, -0.15) is 0 Å². The summed E-state index contributed by atoms with van der Waals surface area (Å²) in [7, 11) is 0. The molecule has 1 aromatic rings. The number of aromatic hydroxyl groups is 1. The lowest BCUT2D eigenvalue weighted by atomic mass is 10.0. The fraction of sp³-hybridized carbons (Fsp3) is 0.556. The molecule has 1 aliphatic heterocycles. The lowest BCUT2D eigenvalue weighted by Gasteiger charge is -2.25. The van der Waals surface area contributed by atoms with Crippen LogP contribution in [0.3, 0.4) is 0 Å². The van der Waals surface area contributed by atoms with Crippen LogP contribution < -0.4 is 5.32 Å². The van der Waals surface area contributed by atoms with Gasteiger partial charge in [0.15, 0.2) is 0 Å². The maximum absolute atomic E-state index is 12.4. The van der Waals surface area contributed by atoms with Crippen LogP contribution in [-0.2, 0) is 9.53 Å². The highest BCUT2D eigenvalue weighted by Crippen LogP contribution is 2.32. The van der Waals surface area contributed by atoms with Crippen molar-refractivity contribution < 1.29 is 19.4 Å². The number of likely N-dealkylation sites (tertiary alicyclic amines) is 1. The molecule has 0 saturated carbocycles. The Bertz CT molecular complexity index is 578. The number of amides is 2. The number of nitrogens with zero attached hydrogens (tertiary/aromatic N) is 1. The Kier molecular flexibility index (Phi) is 5.70. The van der Waals surface area contributed by atoms with Crippen LogP contribution in [0.1, 0.15) is 51.6 Å². The Balaban J connectivity index is 1.85. The smallest absolute Gasteiger partial charge is 0.407 e. The number of phenols is 1. The van der Waals surface area contributed by atoms with E-state index >= 15 is 0 Å². The lowest BCUT2D eigenvalue weighted by molar-refractivity contribution is -0.132. The largest absolute Gasteiger partial charge is 0.508 e. The number of nitrogens with one attached hydrogen (secondary N) is 1. The summed E-state index contributed by atoms with van der Waals surface area (Å²) in [6.45, 7) is 6.36. The Morgan fingerprint density at radius 1 is 1.29 bits per heavy atom. The van der Waals surface area contributed by atoms with E-state index in [2.05, 4.69) is 5.32 Å². The number of ether oxygens (including phenoxy) is 1. The van der Waals surface area contributed by atoms with Gasteiger partial charge in [-0.3, -0.25) is 4.79 Å². The normalized spacial score (nSPS) is 17.6. The van der Waals surface area contributed by atoms with Crippen molar-refractivity contribution in [3.8, 4) is 5.75 Å². The molecule has 1 atom stereocenters. The van der Waals surface area contributed by atoms with Crippen molar-refractivity contribution in [1.29, 1.82) is 0 Å². The van der Waals surface area contributed by atoms with Gasteiger partial charge < -0.3 is 20.1 Å². The zero-order valence-corrected chi connectivity index (χ0v) is 14.5. The molecule has 2 N–H and O–H groups in total. The summed E-state index contributed by atoms with van der Waals surface area (Å²) in [6, 6.07) is 7.02. The Morgan fingerprint density at radius 2 is 1.96 bits per heavy atom. The molecule has 0 spiro atoms. The summed E-state index contributed by atoms with van der Waals surface area (Å²) >= 11 is 0. The Labute approximate surface area is 142 Å². The first-order valence-corrected chi connectivity index (χ1v) is 8.31. The third-order valence-corrected chi connectivity index (χ3v) is 3.86. The molecule has 2 rings (SSSR count). The summed E-state index contributed by atoms with van der Waals surface area (Å²) < 4.78 is 5.15. The minimum atomic E-state index is -0.549. The first-order valence-electron chi connectivity index (χ1n) is 8.31. The molecule has 6 heteroatoms. The van der Waals surface area contributed by atoms with Gasteiger partial charge in [0, 0.05) is 19.5 Å². The number of hydrogen-bond donors (Lipinski definition) is 2. The van der Waals surface area contributed by atoms with Crippen molar-refractivity contribution in [2.45, 2.75) is 51.7 Å². The summed E-state index contributed by atoms with van der Waals surface area (Å²) in [4.78, 5) is 25.9. The zero-order chi connectivity index (χ0) is 17.7. The summed E-state index contributed by atoms with van der Waals surface area (Å²) in [5, 5.41) is 12.0. The second kappa shape index (κ2) is 7.55. The SMILES string of the molecule is CC(C)(C)OC(=O)NCCC(=O)N1CCC[C@@H]1c1ccc(O)cc1. The second-order valence-electron chi connectivity index (χ2n) is 7.02. The van der Waals surface area contributed by atoms with Crippen molar-refractivity contribution >= 4 is 12.0 Å². The van der Waals surface area contributed by atoms with Gasteiger partial charge in [0.05, 0.1) is 6.04 Å². The van der Waals surface area contributed by atoms with Gasteiger partial charge in [0.1, 0.15) is 11.4 Å². The molecular weight excluding hydrogens is 308 g/mol. The Morgan fingerprint density at radius 3 is 2.58 bits per heavy atom. The molecular formula is C18H26N2O4. The average Bonchev–Trinajstić information content (AvgIpc) is 2.95. The molecule has 0 bridgehead atoms. The van der Waals surface area contributed by atoms with Gasteiger partial charge in [-0.25, -0.2) is 4.79 Å². The number of hydrogen-bond acceptors (Lipinski definition) is 4. The highest BCUT2D eigenvalue weighted by Gasteiger charge is 2.29. The molecule has 0 unspecified atom stereocenters. The van der Waals surface area contributed by atoms with E-state index in [1.54, 1.807) is 32.9 Å². The number of carbonyl (C=O) groups is 2. The first kappa shape index (κ1) is 18.1. The molecule has 1 aliphatic rings. The van der Waals surface area contributed by atoms with Crippen molar-refractivity contribution in [3.63, 3.8) is 0 Å². The van der Waals surface area contributed by atoms with E-state index in [-0.39, 0.29) is 30.7 Å². The third-order valence-electron chi connectivity index (χ3n) is 3.86. The van der Waals surface area contributed by atoms with Gasteiger partial charge in [0.25, 0.3) is 0 Å². The monoisotopic (exact) mass is 334 g/mol. The van der Waals surface area contributed by atoms with Gasteiger partial charge in [-0.1, -0.05) is 12.1 Å². The predicted octanol–water partition coefficient (Wildman–Crippen LogP) is 2.97. The van der Waals surface area contributed by atoms with Crippen LogP contribution in [0.5, 0.6) is 5.75 Å². The summed E-state index contributed by atoms with van der Waals surface area (Å²) in [5.74, 6) is 0.234. The van der Waals surface area contributed by atoms with E-state index in [9.17, 15) is 14.7 Å². The van der Waals surface area contributed by atoms with E-state index < -0.39 is 11.7 Å². The number of carbonyl (C=O) groups excluding carboxylic acids is 2. The number of benzene rings is 1. The molecule has 0 radical (unpaired) electrons. The van der Waals surface area contributed by atoms with E-state index in [1.165, 1.54) is 0 Å². The molecule has 0 aromatic heterocycles. The van der Waals surface area contributed by atoms with Crippen LogP contribution in [0.25, 0.3) is 0 Å². The molecule has 132 valence electrons. The molecule has 2 amide bonds. The molecule has 1 aromatic carbocycles. The van der Waals surface area contributed by atoms with Gasteiger partial charge >= 0.3 is 6.09 Å². The minimum absolute atomic E-state index is 0.0154. The van der Waals surface area contributed by atoms with Crippen LogP contribution >= 0.6 is 0 Å². The standard InChI is InChI=1S/C18H26N2O4/c1-18(2,3)24-17(23)19-11-10-16(22)20-12-4-5-15(20)13-6-8-14(21)9-7-13/h6-9,15,21H,4-5,10-12H2,1-3H3,(H,19,23)/t15-/m1/s1. The first-order chi connectivity index (χ1) is 11.3. The third kappa shape index (κ3) is 5.15. The van der Waals surface area contributed by atoms with Crippen LogP contribution in [0, 0.1) is 0 Å². The van der Waals surface area contributed by atoms with E-state index in [0.29, 0.717) is 0 Å². The van der Waals surface area contributed by atoms with Gasteiger partial charge in [-0.05, 0) is 51.3 Å². The van der Waals surface area contributed by atoms with Crippen molar-refractivity contribution in [1.82, 2.24) is 10.2 Å². The molecule has 1 heterocycles. The highest BCUT2D eigenvalue weighted by atomic mass is 16.6. The second-order valence-corrected chi connectivity index (χ2v) is 7.02. The lowest BCUT2D eigenvalue weighted by Crippen LogP contribution is -2.36. The molecule has 6 nitrogen and oxygen atoms in total. The van der Waals surface area contributed by atoms with E-state index in [1.807, 2.05) is 17.0 Å². The number of alkyl carbamates (subject to hydrolysis) is 1. The van der Waals surface area contributed by atoms with Crippen molar-refractivity contribution in [3.05, 3.63) is 29.8 Å². The molecule has 1 fully saturated rings. The highest BCUT2D eigenvalue weighted by molar-refractivity contribution is 5.78. The predicted molar refractivity (Wildman–Crippen MR) is 90.6 cm³/mol. The maximum Gasteiger partial charge on any atom is 0.407 e. The fourth-order valence-corrected chi connectivity index (χ4v) is 2.84.